The number of hydrogen-bond acceptors (Lipinski definition) is 4. The monoisotopic (exact) mass is 276 g/mol. The van der Waals surface area contributed by atoms with Gasteiger partial charge in [-0.1, -0.05) is 13.8 Å². The van der Waals surface area contributed by atoms with Crippen LogP contribution in [0.2, 0.25) is 0 Å². The lowest BCUT2D eigenvalue weighted by Gasteiger charge is -2.24. The Bertz CT molecular complexity index is 519. The maximum Gasteiger partial charge on any atom is 0.252 e. The normalized spacial score (nSPS) is 23.9. The number of likely N-dealkylation sites (tertiary alicyclic amines) is 1. The van der Waals surface area contributed by atoms with E-state index in [9.17, 15) is 4.79 Å². The smallest absolute Gasteiger partial charge is 0.252 e. The van der Waals surface area contributed by atoms with Crippen molar-refractivity contribution in [2.45, 2.75) is 45.1 Å². The number of rotatable bonds is 3. The summed E-state index contributed by atoms with van der Waals surface area (Å²) in [5, 5.41) is 0. The van der Waals surface area contributed by atoms with Crippen LogP contribution in [0.3, 0.4) is 0 Å². The summed E-state index contributed by atoms with van der Waals surface area (Å²) >= 11 is 0. The van der Waals surface area contributed by atoms with Gasteiger partial charge in [0, 0.05) is 31.1 Å². The molecule has 0 amide bonds. The Kier molecular flexibility index (Phi) is 3.78. The molecule has 1 aromatic heterocycles. The number of aromatic nitrogens is 2. The summed E-state index contributed by atoms with van der Waals surface area (Å²) in [7, 11) is 0. The number of nitrogens with zero attached hydrogens (tertiary/aromatic N) is 3. The molecule has 2 aliphatic heterocycles. The minimum absolute atomic E-state index is 0.0386. The fraction of sp³-hybridized carbons (Fsp3) is 0.733. The summed E-state index contributed by atoms with van der Waals surface area (Å²) in [6.07, 6.45) is 3.85. The first-order valence-electron chi connectivity index (χ1n) is 7.74. The molecule has 1 N–H and O–H groups in total. The van der Waals surface area contributed by atoms with E-state index in [1.54, 1.807) is 6.07 Å². The Hall–Kier alpha value is -1.36. The molecule has 0 bridgehead atoms. The van der Waals surface area contributed by atoms with E-state index < -0.39 is 0 Å². The summed E-state index contributed by atoms with van der Waals surface area (Å²) in [5.74, 6) is 1.89. The van der Waals surface area contributed by atoms with Gasteiger partial charge in [0.1, 0.15) is 11.6 Å². The molecule has 5 nitrogen and oxygen atoms in total. The number of hydrogen-bond donors (Lipinski definition) is 1. The van der Waals surface area contributed by atoms with E-state index in [0.29, 0.717) is 6.04 Å². The van der Waals surface area contributed by atoms with Crippen molar-refractivity contribution in [3.63, 3.8) is 0 Å². The molecule has 1 unspecified atom stereocenters. The predicted octanol–water partition coefficient (Wildman–Crippen LogP) is 1.57. The van der Waals surface area contributed by atoms with Crippen LogP contribution in [0.25, 0.3) is 0 Å². The van der Waals surface area contributed by atoms with Crippen LogP contribution < -0.4 is 10.5 Å². The average molecular weight is 276 g/mol. The predicted molar refractivity (Wildman–Crippen MR) is 80.4 cm³/mol. The van der Waals surface area contributed by atoms with Crippen molar-refractivity contribution in [1.82, 2.24) is 14.9 Å². The maximum absolute atomic E-state index is 11.8. The van der Waals surface area contributed by atoms with Crippen LogP contribution in [0.4, 0.5) is 5.82 Å². The lowest BCUT2D eigenvalue weighted by molar-refractivity contribution is 0.260. The molecule has 1 atom stereocenters. The second-order valence-electron chi connectivity index (χ2n) is 6.28. The molecule has 0 saturated carbocycles. The Balaban J connectivity index is 1.75. The van der Waals surface area contributed by atoms with Gasteiger partial charge in [-0.15, -0.1) is 0 Å². The summed E-state index contributed by atoms with van der Waals surface area (Å²) in [5.41, 5.74) is -0.0386. The summed E-state index contributed by atoms with van der Waals surface area (Å²) in [6.45, 7) is 8.60. The average Bonchev–Trinajstić information content (AvgIpc) is 3.09. The van der Waals surface area contributed by atoms with Gasteiger partial charge in [0.05, 0.1) is 0 Å². The van der Waals surface area contributed by atoms with Crippen molar-refractivity contribution in [2.75, 3.05) is 31.1 Å². The number of nitrogens with one attached hydrogen (secondary N) is 1. The first-order chi connectivity index (χ1) is 9.63. The minimum atomic E-state index is -0.0386. The molecule has 5 heteroatoms. The van der Waals surface area contributed by atoms with Gasteiger partial charge in [-0.05, 0) is 32.4 Å². The van der Waals surface area contributed by atoms with E-state index in [0.717, 1.165) is 24.7 Å². The van der Waals surface area contributed by atoms with Crippen molar-refractivity contribution in [1.29, 1.82) is 0 Å². The Labute approximate surface area is 120 Å². The van der Waals surface area contributed by atoms with E-state index in [-0.39, 0.29) is 11.5 Å². The highest BCUT2D eigenvalue weighted by atomic mass is 16.1. The Morgan fingerprint density at radius 2 is 2.05 bits per heavy atom. The molecule has 0 aliphatic carbocycles. The van der Waals surface area contributed by atoms with Gasteiger partial charge in [-0.3, -0.25) is 9.69 Å². The molecule has 0 spiro atoms. The molecule has 2 aliphatic rings. The summed E-state index contributed by atoms with van der Waals surface area (Å²) in [6, 6.07) is 2.28. The molecule has 3 rings (SSSR count). The molecule has 2 saturated heterocycles. The van der Waals surface area contributed by atoms with Crippen LogP contribution in [0.15, 0.2) is 10.9 Å². The standard InChI is InChI=1S/C15H24N4O/c1-11(2)15-16-13(9-14(20)17-15)19-8-5-12(10-19)18-6-3-4-7-18/h9,11-12H,3-8,10H2,1-2H3,(H,16,17,20). The zero-order valence-electron chi connectivity index (χ0n) is 12.4. The molecule has 2 fully saturated rings. The third-order valence-electron chi connectivity index (χ3n) is 4.44. The van der Waals surface area contributed by atoms with Gasteiger partial charge in [-0.2, -0.15) is 0 Å². The zero-order chi connectivity index (χ0) is 14.1. The number of anilines is 1. The van der Waals surface area contributed by atoms with Gasteiger partial charge in [-0.25, -0.2) is 4.98 Å². The van der Waals surface area contributed by atoms with Crippen LogP contribution in [0.5, 0.6) is 0 Å². The first-order valence-corrected chi connectivity index (χ1v) is 7.74. The van der Waals surface area contributed by atoms with E-state index in [1.807, 2.05) is 0 Å². The third kappa shape index (κ3) is 2.73. The molecular formula is C15H24N4O. The van der Waals surface area contributed by atoms with E-state index in [2.05, 4.69) is 33.6 Å². The summed E-state index contributed by atoms with van der Waals surface area (Å²) in [4.78, 5) is 24.1. The second-order valence-corrected chi connectivity index (χ2v) is 6.28. The molecule has 3 heterocycles. The zero-order valence-corrected chi connectivity index (χ0v) is 12.4. The first kappa shape index (κ1) is 13.6. The minimum Gasteiger partial charge on any atom is -0.355 e. The van der Waals surface area contributed by atoms with Crippen molar-refractivity contribution < 1.29 is 0 Å². The van der Waals surface area contributed by atoms with Crippen molar-refractivity contribution in [2.24, 2.45) is 0 Å². The van der Waals surface area contributed by atoms with Gasteiger partial charge in [0.25, 0.3) is 5.56 Å². The molecular weight excluding hydrogens is 252 g/mol. The molecule has 110 valence electrons. The highest BCUT2D eigenvalue weighted by Crippen LogP contribution is 2.24. The lowest BCUT2D eigenvalue weighted by Crippen LogP contribution is -2.35. The molecule has 0 aromatic carbocycles. The highest BCUT2D eigenvalue weighted by Gasteiger charge is 2.30. The van der Waals surface area contributed by atoms with E-state index in [1.165, 1.54) is 32.4 Å². The maximum atomic E-state index is 11.8. The van der Waals surface area contributed by atoms with Crippen LogP contribution in [0.1, 0.15) is 44.9 Å². The Morgan fingerprint density at radius 1 is 1.30 bits per heavy atom. The van der Waals surface area contributed by atoms with Gasteiger partial charge in [0.15, 0.2) is 0 Å². The van der Waals surface area contributed by atoms with Crippen LogP contribution in [-0.2, 0) is 0 Å². The lowest BCUT2D eigenvalue weighted by atomic mass is 10.2. The van der Waals surface area contributed by atoms with Gasteiger partial charge < -0.3 is 9.88 Å². The molecule has 20 heavy (non-hydrogen) atoms. The third-order valence-corrected chi connectivity index (χ3v) is 4.44. The molecule has 0 radical (unpaired) electrons. The summed E-state index contributed by atoms with van der Waals surface area (Å²) < 4.78 is 0. The largest absolute Gasteiger partial charge is 0.355 e. The van der Waals surface area contributed by atoms with E-state index in [4.69, 9.17) is 0 Å². The second kappa shape index (κ2) is 5.56. The van der Waals surface area contributed by atoms with Crippen molar-refractivity contribution >= 4 is 5.82 Å². The van der Waals surface area contributed by atoms with Crippen LogP contribution in [-0.4, -0.2) is 47.1 Å². The van der Waals surface area contributed by atoms with Crippen molar-refractivity contribution in [3.05, 3.63) is 22.2 Å². The van der Waals surface area contributed by atoms with E-state index >= 15 is 0 Å². The van der Waals surface area contributed by atoms with Crippen LogP contribution in [0, 0.1) is 0 Å². The van der Waals surface area contributed by atoms with Crippen molar-refractivity contribution in [3.8, 4) is 0 Å². The Morgan fingerprint density at radius 3 is 2.75 bits per heavy atom. The SMILES string of the molecule is CC(C)c1nc(N2CCC(N3CCCC3)C2)cc(=O)[nH]1. The van der Waals surface area contributed by atoms with Crippen LogP contribution >= 0.6 is 0 Å². The fourth-order valence-electron chi connectivity index (χ4n) is 3.25. The van der Waals surface area contributed by atoms with Gasteiger partial charge >= 0.3 is 0 Å². The quantitative estimate of drug-likeness (QED) is 0.910. The number of aromatic amines is 1. The fourth-order valence-corrected chi connectivity index (χ4v) is 3.25. The number of H-pyrrole nitrogens is 1. The topological polar surface area (TPSA) is 52.2 Å². The van der Waals surface area contributed by atoms with Gasteiger partial charge in [0.2, 0.25) is 0 Å². The highest BCUT2D eigenvalue weighted by molar-refractivity contribution is 5.39. The molecule has 1 aromatic rings.